The Hall–Kier alpha value is -0.170. The Morgan fingerprint density at radius 3 is 2.58 bits per heavy atom. The zero-order valence-corrected chi connectivity index (χ0v) is 8.87. The number of aryl methyl sites for hydroxylation is 1. The molecule has 0 spiro atoms. The molecule has 0 aliphatic carbocycles. The van der Waals surface area contributed by atoms with Gasteiger partial charge in [0.1, 0.15) is 0 Å². The van der Waals surface area contributed by atoms with E-state index in [1.54, 1.807) is 23.0 Å². The maximum absolute atomic E-state index is 4.50. The van der Waals surface area contributed by atoms with Gasteiger partial charge >= 0.3 is 0 Å². The number of hydrogen-bond acceptors (Lipinski definition) is 3. The molecule has 0 atom stereocenters. The summed E-state index contributed by atoms with van der Waals surface area (Å²) in [6.07, 6.45) is 0. The second kappa shape index (κ2) is 5.47. The summed E-state index contributed by atoms with van der Waals surface area (Å²) >= 11 is 1.65. The third kappa shape index (κ3) is 3.48. The Balaban J connectivity index is 2.37. The lowest BCUT2D eigenvalue weighted by atomic mass is 10.2. The first-order chi connectivity index (χ1) is 5.83. The van der Waals surface area contributed by atoms with Crippen LogP contribution in [0, 0.1) is 6.92 Å². The van der Waals surface area contributed by atoms with Crippen molar-refractivity contribution in [2.75, 3.05) is 0 Å². The zero-order chi connectivity index (χ0) is 8.81. The Kier molecular flexibility index (Phi) is 4.52. The molecule has 1 aromatic rings. The van der Waals surface area contributed by atoms with Crippen molar-refractivity contribution in [3.05, 3.63) is 35.4 Å². The molecule has 0 saturated heterocycles. The molecule has 0 aliphatic heterocycles. The summed E-state index contributed by atoms with van der Waals surface area (Å²) in [4.78, 5) is 4.50. The Labute approximate surface area is 85.6 Å². The monoisotopic (exact) mass is 279 g/mol. The van der Waals surface area contributed by atoms with E-state index < -0.39 is 0 Å². The van der Waals surface area contributed by atoms with Gasteiger partial charge in [0.15, 0.2) is 23.0 Å². The molecule has 0 unspecified atom stereocenters. The highest BCUT2D eigenvalue weighted by Crippen LogP contribution is 2.02. The fourth-order valence-electron chi connectivity index (χ4n) is 0.841. The van der Waals surface area contributed by atoms with Crippen LogP contribution in [0.2, 0.25) is 0 Å². The van der Waals surface area contributed by atoms with E-state index in [0.29, 0.717) is 6.54 Å². The molecule has 0 radical (unpaired) electrons. The van der Waals surface area contributed by atoms with Crippen LogP contribution in [0.15, 0.2) is 24.3 Å². The van der Waals surface area contributed by atoms with Crippen LogP contribution < -0.4 is 5.48 Å². The third-order valence-electron chi connectivity index (χ3n) is 1.49. The standard InChI is InChI=1S/C8H10INO2/c1-7-2-4-8(5-3-7)6-10-12-11-9/h2-5,10H,6H2,1H3. The van der Waals surface area contributed by atoms with Crippen molar-refractivity contribution in [1.29, 1.82) is 0 Å². The number of hydroxylamine groups is 1. The van der Waals surface area contributed by atoms with Gasteiger partial charge in [0.2, 0.25) is 0 Å². The molecule has 0 aliphatic rings. The van der Waals surface area contributed by atoms with Crippen LogP contribution in [-0.2, 0) is 14.8 Å². The molecule has 0 bridgehead atoms. The van der Waals surface area contributed by atoms with Crippen LogP contribution in [-0.4, -0.2) is 0 Å². The highest BCUT2D eigenvalue weighted by Gasteiger charge is 1.91. The summed E-state index contributed by atoms with van der Waals surface area (Å²) in [6, 6.07) is 8.20. The minimum absolute atomic E-state index is 0.642. The lowest BCUT2D eigenvalue weighted by Crippen LogP contribution is -2.11. The Morgan fingerprint density at radius 2 is 2.00 bits per heavy atom. The first-order valence-electron chi connectivity index (χ1n) is 3.55. The van der Waals surface area contributed by atoms with Crippen LogP contribution in [0.3, 0.4) is 0 Å². The van der Waals surface area contributed by atoms with Crippen molar-refractivity contribution in [2.45, 2.75) is 13.5 Å². The van der Waals surface area contributed by atoms with Crippen LogP contribution in [0.5, 0.6) is 0 Å². The third-order valence-corrected chi connectivity index (χ3v) is 1.67. The molecule has 1 N–H and O–H groups in total. The molecule has 0 fully saturated rings. The lowest BCUT2D eigenvalue weighted by molar-refractivity contribution is -0.225. The number of rotatable bonds is 4. The molecular formula is C8H10INO2. The van der Waals surface area contributed by atoms with Gasteiger partial charge in [-0.15, -0.1) is 8.21 Å². The fraction of sp³-hybridized carbons (Fsp3) is 0.250. The minimum atomic E-state index is 0.642. The van der Waals surface area contributed by atoms with E-state index >= 15 is 0 Å². The maximum Gasteiger partial charge on any atom is 0.157 e. The quantitative estimate of drug-likeness (QED) is 0.397. The number of benzene rings is 1. The van der Waals surface area contributed by atoms with Crippen molar-refractivity contribution in [1.82, 2.24) is 5.48 Å². The molecule has 0 saturated carbocycles. The highest BCUT2D eigenvalue weighted by atomic mass is 127. The van der Waals surface area contributed by atoms with E-state index in [1.165, 1.54) is 5.56 Å². The van der Waals surface area contributed by atoms with Crippen molar-refractivity contribution in [3.8, 4) is 0 Å². The first-order valence-corrected chi connectivity index (χ1v) is 4.43. The average molecular weight is 279 g/mol. The van der Waals surface area contributed by atoms with Crippen LogP contribution >= 0.6 is 23.0 Å². The molecule has 0 aromatic heterocycles. The summed E-state index contributed by atoms with van der Waals surface area (Å²) in [5.41, 5.74) is 5.06. The van der Waals surface area contributed by atoms with Gasteiger partial charge in [0, 0.05) is 6.54 Å². The van der Waals surface area contributed by atoms with Crippen molar-refractivity contribution >= 4 is 23.0 Å². The van der Waals surface area contributed by atoms with Gasteiger partial charge in [-0.25, -0.2) is 0 Å². The molecular weight excluding hydrogens is 269 g/mol. The summed E-state index contributed by atoms with van der Waals surface area (Å²) in [5.74, 6) is 0. The van der Waals surface area contributed by atoms with Gasteiger partial charge in [-0.1, -0.05) is 29.8 Å². The highest BCUT2D eigenvalue weighted by molar-refractivity contribution is 14.1. The van der Waals surface area contributed by atoms with E-state index in [0.717, 1.165) is 5.56 Å². The van der Waals surface area contributed by atoms with E-state index in [4.69, 9.17) is 0 Å². The van der Waals surface area contributed by atoms with E-state index in [-0.39, 0.29) is 0 Å². The molecule has 3 nitrogen and oxygen atoms in total. The minimum Gasteiger partial charge on any atom is -0.164 e. The van der Waals surface area contributed by atoms with Crippen LogP contribution in [0.25, 0.3) is 0 Å². The molecule has 1 aromatic carbocycles. The van der Waals surface area contributed by atoms with E-state index in [1.807, 2.05) is 12.1 Å². The number of nitrogens with one attached hydrogen (secondary N) is 1. The first kappa shape index (κ1) is 9.91. The van der Waals surface area contributed by atoms with Gasteiger partial charge in [-0.2, -0.15) is 5.48 Å². The Bertz CT molecular complexity index is 225. The largest absolute Gasteiger partial charge is 0.164 e. The smallest absolute Gasteiger partial charge is 0.157 e. The van der Waals surface area contributed by atoms with Gasteiger partial charge < -0.3 is 0 Å². The Morgan fingerprint density at radius 1 is 1.33 bits per heavy atom. The molecule has 0 heterocycles. The van der Waals surface area contributed by atoms with Crippen LogP contribution in [0.1, 0.15) is 11.1 Å². The van der Waals surface area contributed by atoms with Gasteiger partial charge in [-0.3, -0.25) is 0 Å². The molecule has 4 heteroatoms. The summed E-state index contributed by atoms with van der Waals surface area (Å²) in [6.45, 7) is 2.70. The number of halogens is 1. The fourth-order valence-corrected chi connectivity index (χ4v) is 0.968. The van der Waals surface area contributed by atoms with Crippen molar-refractivity contribution in [2.24, 2.45) is 0 Å². The maximum atomic E-state index is 4.50. The summed E-state index contributed by atoms with van der Waals surface area (Å²) in [5, 5.41) is 0. The second-order valence-electron chi connectivity index (χ2n) is 2.45. The van der Waals surface area contributed by atoms with E-state index in [9.17, 15) is 0 Å². The number of hydrogen-bond donors (Lipinski definition) is 1. The summed E-state index contributed by atoms with van der Waals surface area (Å²) < 4.78 is 4.35. The predicted octanol–water partition coefficient (Wildman–Crippen LogP) is 2.30. The zero-order valence-electron chi connectivity index (χ0n) is 6.71. The molecule has 66 valence electrons. The van der Waals surface area contributed by atoms with Crippen molar-refractivity contribution in [3.63, 3.8) is 0 Å². The molecule has 0 amide bonds. The van der Waals surface area contributed by atoms with Crippen LogP contribution in [0.4, 0.5) is 0 Å². The van der Waals surface area contributed by atoms with Gasteiger partial charge in [0.25, 0.3) is 0 Å². The van der Waals surface area contributed by atoms with Gasteiger partial charge in [-0.05, 0) is 12.5 Å². The average Bonchev–Trinajstić information content (AvgIpc) is 2.09. The second-order valence-corrected chi connectivity index (χ2v) is 2.81. The lowest BCUT2D eigenvalue weighted by Gasteiger charge is -2.01. The SMILES string of the molecule is Cc1ccc(CNOOI)cc1. The van der Waals surface area contributed by atoms with Gasteiger partial charge in [0.05, 0.1) is 0 Å². The molecule has 1 rings (SSSR count). The molecule has 12 heavy (non-hydrogen) atoms. The summed E-state index contributed by atoms with van der Waals surface area (Å²) in [7, 11) is 0. The normalized spacial score (nSPS) is 10.2. The van der Waals surface area contributed by atoms with E-state index in [2.05, 4.69) is 32.7 Å². The predicted molar refractivity (Wildman–Crippen MR) is 54.2 cm³/mol. The van der Waals surface area contributed by atoms with Crippen molar-refractivity contribution < 1.29 is 8.21 Å². The topological polar surface area (TPSA) is 30.5 Å².